The Balaban J connectivity index is 0.000000151. The van der Waals surface area contributed by atoms with Gasteiger partial charge in [-0.25, -0.2) is 0 Å². The minimum absolute atomic E-state index is 0.368. The first kappa shape index (κ1) is 12.1. The normalized spacial score (nSPS) is 17.9. The molecule has 1 aliphatic rings. The highest BCUT2D eigenvalue weighted by Crippen LogP contribution is 2.15. The van der Waals surface area contributed by atoms with Gasteiger partial charge in [0.05, 0.1) is 12.7 Å². The van der Waals surface area contributed by atoms with Crippen molar-refractivity contribution in [2.24, 2.45) is 0 Å². The van der Waals surface area contributed by atoms with Gasteiger partial charge in [0.1, 0.15) is 5.75 Å². The Morgan fingerprint density at radius 2 is 2.07 bits per heavy atom. The van der Waals surface area contributed by atoms with Gasteiger partial charge in [0.25, 0.3) is 0 Å². The third kappa shape index (κ3) is 5.43. The van der Waals surface area contributed by atoms with Gasteiger partial charge < -0.3 is 9.84 Å². The Morgan fingerprint density at radius 1 is 1.40 bits per heavy atom. The van der Waals surface area contributed by atoms with Gasteiger partial charge in [-0.3, -0.25) is 0 Å². The summed E-state index contributed by atoms with van der Waals surface area (Å²) >= 11 is 0. The van der Waals surface area contributed by atoms with Crippen LogP contribution in [0.15, 0.2) is 24.3 Å². The highest BCUT2D eigenvalue weighted by molar-refractivity contribution is 5.29. The molecule has 2 nitrogen and oxygen atoms in total. The maximum absolute atomic E-state index is 8.92. The van der Waals surface area contributed by atoms with E-state index in [0.717, 1.165) is 12.2 Å². The second kappa shape index (κ2) is 6.46. The lowest BCUT2D eigenvalue weighted by Gasteiger charge is -1.92. The van der Waals surface area contributed by atoms with E-state index in [4.69, 9.17) is 9.84 Å². The van der Waals surface area contributed by atoms with E-state index >= 15 is 0 Å². The number of para-hydroxylation sites is 1. The van der Waals surface area contributed by atoms with E-state index in [1.165, 1.54) is 19.3 Å². The summed E-state index contributed by atoms with van der Waals surface area (Å²) in [6, 6.07) is 7.25. The summed E-state index contributed by atoms with van der Waals surface area (Å²) in [5.41, 5.74) is 0.924. The van der Waals surface area contributed by atoms with Gasteiger partial charge in [-0.1, -0.05) is 38.0 Å². The highest BCUT2D eigenvalue weighted by Gasteiger charge is 2.20. The molecule has 1 heterocycles. The first-order valence-electron chi connectivity index (χ1n) is 5.60. The number of rotatable bonds is 3. The molecule has 1 aromatic rings. The smallest absolute Gasteiger partial charge is 0.118 e. The predicted molar refractivity (Wildman–Crippen MR) is 62.1 cm³/mol. The van der Waals surface area contributed by atoms with Gasteiger partial charge in [-0.05, 0) is 25.0 Å². The number of unbranched alkanes of at least 4 members (excludes halogenated alkanes) is 1. The maximum atomic E-state index is 8.92. The molecule has 0 aromatic heterocycles. The second-order valence-electron chi connectivity index (χ2n) is 3.88. The summed E-state index contributed by atoms with van der Waals surface area (Å²) in [6.45, 7) is 5.11. The lowest BCUT2D eigenvalue weighted by Crippen LogP contribution is -1.81. The first-order chi connectivity index (χ1) is 7.24. The minimum atomic E-state index is 0.368. The van der Waals surface area contributed by atoms with Crippen molar-refractivity contribution in [2.45, 2.75) is 39.2 Å². The predicted octanol–water partition coefficient (Wildman–Crippen LogP) is 3.28. The van der Waals surface area contributed by atoms with Crippen molar-refractivity contribution >= 4 is 0 Å². The molecule has 0 spiro atoms. The SMILES string of the molecule is CCCCC1CO1.Cc1ccccc1O. The van der Waals surface area contributed by atoms with Crippen LogP contribution < -0.4 is 0 Å². The number of phenolic OH excluding ortho intramolecular Hbond substituents is 1. The zero-order valence-electron chi connectivity index (χ0n) is 9.57. The summed E-state index contributed by atoms with van der Waals surface area (Å²) in [7, 11) is 0. The van der Waals surface area contributed by atoms with Gasteiger partial charge in [-0.2, -0.15) is 0 Å². The van der Waals surface area contributed by atoms with Gasteiger partial charge in [-0.15, -0.1) is 0 Å². The minimum Gasteiger partial charge on any atom is -0.508 e. The van der Waals surface area contributed by atoms with Gasteiger partial charge >= 0.3 is 0 Å². The standard InChI is InChI=1S/C7H8O.C6H12O/c1-6-4-2-3-5-7(6)8;1-2-3-4-6-5-7-6/h2-5,8H,1H3;6H,2-5H2,1H3. The summed E-state index contributed by atoms with van der Waals surface area (Å²) < 4.78 is 5.01. The van der Waals surface area contributed by atoms with E-state index in [1.807, 2.05) is 25.1 Å². The molecule has 0 bridgehead atoms. The number of phenols is 1. The number of aromatic hydroxyl groups is 1. The third-order valence-electron chi connectivity index (χ3n) is 2.40. The Bertz CT molecular complexity index is 259. The van der Waals surface area contributed by atoms with E-state index in [0.29, 0.717) is 11.9 Å². The molecule has 84 valence electrons. The van der Waals surface area contributed by atoms with Gasteiger partial charge in [0, 0.05) is 0 Å². The number of hydrogen-bond acceptors (Lipinski definition) is 2. The molecule has 2 rings (SSSR count). The van der Waals surface area contributed by atoms with Crippen LogP contribution in [0.5, 0.6) is 5.75 Å². The van der Waals surface area contributed by atoms with Gasteiger partial charge in [0.15, 0.2) is 0 Å². The molecule has 0 amide bonds. The molecule has 1 saturated heterocycles. The zero-order valence-corrected chi connectivity index (χ0v) is 9.57. The molecule has 15 heavy (non-hydrogen) atoms. The quantitative estimate of drug-likeness (QED) is 0.773. The molecule has 1 atom stereocenters. The molecule has 1 fully saturated rings. The molecule has 1 aromatic carbocycles. The Hall–Kier alpha value is -1.02. The van der Waals surface area contributed by atoms with Crippen molar-refractivity contribution < 1.29 is 9.84 Å². The average molecular weight is 208 g/mol. The van der Waals surface area contributed by atoms with Crippen molar-refractivity contribution in [3.63, 3.8) is 0 Å². The van der Waals surface area contributed by atoms with Crippen molar-refractivity contribution in [1.82, 2.24) is 0 Å². The van der Waals surface area contributed by atoms with E-state index < -0.39 is 0 Å². The Labute approximate surface area is 91.9 Å². The molecule has 1 N–H and O–H groups in total. The Kier molecular flexibility index (Phi) is 5.19. The van der Waals surface area contributed by atoms with Crippen LogP contribution in [0.1, 0.15) is 31.7 Å². The molecule has 1 aliphatic heterocycles. The summed E-state index contributed by atoms with van der Waals surface area (Å²) in [5, 5.41) is 8.92. The van der Waals surface area contributed by atoms with Crippen molar-refractivity contribution in [3.05, 3.63) is 29.8 Å². The fraction of sp³-hybridized carbons (Fsp3) is 0.538. The van der Waals surface area contributed by atoms with Crippen LogP contribution in [0.2, 0.25) is 0 Å². The maximum Gasteiger partial charge on any atom is 0.118 e. The highest BCUT2D eigenvalue weighted by atomic mass is 16.6. The van der Waals surface area contributed by atoms with Crippen LogP contribution in [-0.2, 0) is 4.74 Å². The fourth-order valence-corrected chi connectivity index (χ4v) is 1.23. The third-order valence-corrected chi connectivity index (χ3v) is 2.40. The lowest BCUT2D eigenvalue weighted by atomic mass is 10.2. The van der Waals surface area contributed by atoms with Crippen LogP contribution in [0.4, 0.5) is 0 Å². The zero-order chi connectivity index (χ0) is 11.1. The second-order valence-corrected chi connectivity index (χ2v) is 3.88. The summed E-state index contributed by atoms with van der Waals surface area (Å²) in [4.78, 5) is 0. The summed E-state index contributed by atoms with van der Waals surface area (Å²) in [5.74, 6) is 0.368. The van der Waals surface area contributed by atoms with Crippen LogP contribution in [0.25, 0.3) is 0 Å². The number of hydrogen-bond donors (Lipinski definition) is 1. The molecule has 0 aliphatic carbocycles. The summed E-state index contributed by atoms with van der Waals surface area (Å²) in [6.07, 6.45) is 4.58. The van der Waals surface area contributed by atoms with Crippen molar-refractivity contribution in [3.8, 4) is 5.75 Å². The van der Waals surface area contributed by atoms with Crippen LogP contribution in [0, 0.1) is 6.92 Å². The topological polar surface area (TPSA) is 32.8 Å². The van der Waals surface area contributed by atoms with Crippen LogP contribution >= 0.6 is 0 Å². The number of ether oxygens (including phenoxy) is 1. The first-order valence-corrected chi connectivity index (χ1v) is 5.60. The van der Waals surface area contributed by atoms with Crippen molar-refractivity contribution in [1.29, 1.82) is 0 Å². The lowest BCUT2D eigenvalue weighted by molar-refractivity contribution is 0.391. The van der Waals surface area contributed by atoms with Gasteiger partial charge in [0.2, 0.25) is 0 Å². The molecular formula is C13H20O2. The molecule has 2 heteroatoms. The van der Waals surface area contributed by atoms with Crippen LogP contribution in [0.3, 0.4) is 0 Å². The largest absolute Gasteiger partial charge is 0.508 e. The van der Waals surface area contributed by atoms with E-state index in [-0.39, 0.29) is 0 Å². The number of benzene rings is 1. The fourth-order valence-electron chi connectivity index (χ4n) is 1.23. The monoisotopic (exact) mass is 208 g/mol. The molecule has 1 unspecified atom stereocenters. The Morgan fingerprint density at radius 3 is 2.47 bits per heavy atom. The average Bonchev–Trinajstić information content (AvgIpc) is 3.04. The number of epoxide rings is 1. The molecular weight excluding hydrogens is 188 g/mol. The van der Waals surface area contributed by atoms with E-state index in [9.17, 15) is 0 Å². The van der Waals surface area contributed by atoms with Crippen molar-refractivity contribution in [2.75, 3.05) is 6.61 Å². The van der Waals surface area contributed by atoms with E-state index in [1.54, 1.807) is 6.07 Å². The number of aryl methyl sites for hydroxylation is 1. The molecule has 0 saturated carbocycles. The van der Waals surface area contributed by atoms with Crippen LogP contribution in [-0.4, -0.2) is 17.8 Å². The van der Waals surface area contributed by atoms with E-state index in [2.05, 4.69) is 6.92 Å². The molecule has 0 radical (unpaired) electrons.